The molecule has 0 aliphatic heterocycles. The molecule has 0 fully saturated rings. The first-order valence-corrected chi connectivity index (χ1v) is 4.45. The smallest absolute Gasteiger partial charge is 0.111 e. The maximum atomic E-state index is 9.68. The first kappa shape index (κ1) is 9.12. The van der Waals surface area contributed by atoms with Crippen LogP contribution >= 0.6 is 0 Å². The third-order valence-electron chi connectivity index (χ3n) is 2.19. The van der Waals surface area contributed by atoms with Gasteiger partial charge in [-0.3, -0.25) is 4.98 Å². The minimum Gasteiger partial charge on any atom is -0.386 e. The van der Waals surface area contributed by atoms with Gasteiger partial charge in [-0.25, -0.2) is 0 Å². The molecule has 2 atom stereocenters. The minimum atomic E-state index is -0.880. The maximum absolute atomic E-state index is 9.68. The number of aliphatic hydroxyl groups is 2. The Balaban J connectivity index is 2.35. The van der Waals surface area contributed by atoms with Gasteiger partial charge in [0.15, 0.2) is 0 Å². The first-order chi connectivity index (χ1) is 6.79. The lowest BCUT2D eigenvalue weighted by Crippen LogP contribution is -2.27. The molecule has 1 aliphatic carbocycles. The average Bonchev–Trinajstić information content (AvgIpc) is 2.23. The van der Waals surface area contributed by atoms with Gasteiger partial charge >= 0.3 is 0 Å². The molecule has 0 bridgehead atoms. The summed E-state index contributed by atoms with van der Waals surface area (Å²) >= 11 is 0. The Morgan fingerprint density at radius 3 is 2.79 bits per heavy atom. The Morgan fingerprint density at radius 1 is 1.21 bits per heavy atom. The van der Waals surface area contributed by atoms with Crippen LogP contribution in [0.25, 0.3) is 5.57 Å². The largest absolute Gasteiger partial charge is 0.386 e. The number of hydrogen-bond acceptors (Lipinski definition) is 3. The van der Waals surface area contributed by atoms with Gasteiger partial charge in [-0.1, -0.05) is 24.3 Å². The third kappa shape index (κ3) is 1.60. The fraction of sp³-hybridized carbons (Fsp3) is 0.182. The molecule has 1 aromatic heterocycles. The molecule has 14 heavy (non-hydrogen) atoms. The number of aromatic nitrogens is 1. The van der Waals surface area contributed by atoms with Gasteiger partial charge in [0.25, 0.3) is 0 Å². The molecule has 72 valence electrons. The van der Waals surface area contributed by atoms with Crippen molar-refractivity contribution in [1.82, 2.24) is 4.98 Å². The van der Waals surface area contributed by atoms with Gasteiger partial charge in [0.2, 0.25) is 0 Å². The van der Waals surface area contributed by atoms with E-state index in [-0.39, 0.29) is 0 Å². The molecule has 2 rings (SSSR count). The van der Waals surface area contributed by atoms with E-state index in [1.807, 2.05) is 12.1 Å². The molecule has 0 saturated carbocycles. The van der Waals surface area contributed by atoms with Crippen molar-refractivity contribution in [3.05, 3.63) is 48.3 Å². The maximum Gasteiger partial charge on any atom is 0.111 e. The summed E-state index contributed by atoms with van der Waals surface area (Å²) in [5.41, 5.74) is 1.35. The molecule has 2 N–H and O–H groups in total. The summed E-state index contributed by atoms with van der Waals surface area (Å²) in [6, 6.07) is 5.47. The molecule has 0 saturated heterocycles. The van der Waals surface area contributed by atoms with Gasteiger partial charge in [-0.2, -0.15) is 0 Å². The highest BCUT2D eigenvalue weighted by Crippen LogP contribution is 2.22. The molecule has 3 heteroatoms. The summed E-state index contributed by atoms with van der Waals surface area (Å²) in [6.45, 7) is 0. The summed E-state index contributed by atoms with van der Waals surface area (Å²) in [5, 5.41) is 19.1. The number of pyridine rings is 1. The molecule has 1 aliphatic rings. The zero-order valence-electron chi connectivity index (χ0n) is 7.54. The van der Waals surface area contributed by atoms with E-state index in [0.717, 1.165) is 0 Å². The fourth-order valence-corrected chi connectivity index (χ4v) is 1.43. The van der Waals surface area contributed by atoms with Crippen LogP contribution in [0.5, 0.6) is 0 Å². The van der Waals surface area contributed by atoms with Crippen LogP contribution in [0, 0.1) is 0 Å². The Hall–Kier alpha value is -1.45. The van der Waals surface area contributed by atoms with E-state index < -0.39 is 12.2 Å². The van der Waals surface area contributed by atoms with Crippen molar-refractivity contribution in [3.63, 3.8) is 0 Å². The second-order valence-corrected chi connectivity index (χ2v) is 3.16. The van der Waals surface area contributed by atoms with Gasteiger partial charge in [-0.05, 0) is 12.1 Å². The molecule has 0 radical (unpaired) electrons. The van der Waals surface area contributed by atoms with E-state index >= 15 is 0 Å². The van der Waals surface area contributed by atoms with Crippen LogP contribution in [0.3, 0.4) is 0 Å². The third-order valence-corrected chi connectivity index (χ3v) is 2.19. The van der Waals surface area contributed by atoms with Crippen LogP contribution in [0.15, 0.2) is 42.6 Å². The number of rotatable bonds is 1. The molecule has 0 spiro atoms. The van der Waals surface area contributed by atoms with Gasteiger partial charge in [-0.15, -0.1) is 0 Å². The molecule has 0 amide bonds. The van der Waals surface area contributed by atoms with Gasteiger partial charge in [0, 0.05) is 11.8 Å². The highest BCUT2D eigenvalue weighted by atomic mass is 16.3. The number of allylic oxidation sites excluding steroid dienone is 2. The van der Waals surface area contributed by atoms with E-state index in [2.05, 4.69) is 4.98 Å². The second-order valence-electron chi connectivity index (χ2n) is 3.16. The van der Waals surface area contributed by atoms with E-state index in [0.29, 0.717) is 11.3 Å². The van der Waals surface area contributed by atoms with Crippen molar-refractivity contribution < 1.29 is 10.2 Å². The zero-order valence-corrected chi connectivity index (χ0v) is 7.54. The van der Waals surface area contributed by atoms with Crippen molar-refractivity contribution >= 4 is 5.57 Å². The Morgan fingerprint density at radius 2 is 2.07 bits per heavy atom. The van der Waals surface area contributed by atoms with Crippen molar-refractivity contribution in [1.29, 1.82) is 0 Å². The van der Waals surface area contributed by atoms with Crippen molar-refractivity contribution in [2.45, 2.75) is 12.2 Å². The van der Waals surface area contributed by atoms with Crippen LogP contribution in [-0.2, 0) is 0 Å². The SMILES string of the molecule is OC1C=CC=C(c2ccccn2)C1O. The lowest BCUT2D eigenvalue weighted by atomic mass is 9.96. The first-order valence-electron chi connectivity index (χ1n) is 4.45. The molecular formula is C11H11NO2. The van der Waals surface area contributed by atoms with Crippen LogP contribution in [0.1, 0.15) is 5.69 Å². The lowest BCUT2D eigenvalue weighted by molar-refractivity contribution is 0.0857. The molecular weight excluding hydrogens is 178 g/mol. The van der Waals surface area contributed by atoms with E-state index in [1.165, 1.54) is 0 Å². The monoisotopic (exact) mass is 189 g/mol. The van der Waals surface area contributed by atoms with Crippen LogP contribution < -0.4 is 0 Å². The predicted molar refractivity (Wildman–Crippen MR) is 53.4 cm³/mol. The molecule has 1 heterocycles. The average molecular weight is 189 g/mol. The number of aliphatic hydroxyl groups excluding tert-OH is 2. The summed E-state index contributed by atoms with van der Waals surface area (Å²) < 4.78 is 0. The fourth-order valence-electron chi connectivity index (χ4n) is 1.43. The van der Waals surface area contributed by atoms with E-state index in [1.54, 1.807) is 30.5 Å². The quantitative estimate of drug-likeness (QED) is 0.685. The number of hydrogen-bond donors (Lipinski definition) is 2. The van der Waals surface area contributed by atoms with Gasteiger partial charge in [0.05, 0.1) is 5.69 Å². The molecule has 3 nitrogen and oxygen atoms in total. The summed E-state index contributed by atoms with van der Waals surface area (Å²) in [6.07, 6.45) is 4.98. The van der Waals surface area contributed by atoms with Crippen LogP contribution in [0.4, 0.5) is 0 Å². The molecule has 0 aromatic carbocycles. The number of nitrogens with zero attached hydrogens (tertiary/aromatic N) is 1. The lowest BCUT2D eigenvalue weighted by Gasteiger charge is -2.20. The Kier molecular flexibility index (Phi) is 2.43. The molecule has 1 aromatic rings. The van der Waals surface area contributed by atoms with Crippen molar-refractivity contribution in [3.8, 4) is 0 Å². The minimum absolute atomic E-state index is 0.653. The predicted octanol–water partition coefficient (Wildman–Crippen LogP) is 0.757. The normalized spacial score (nSPS) is 26.0. The highest BCUT2D eigenvalue weighted by molar-refractivity contribution is 5.69. The summed E-state index contributed by atoms with van der Waals surface area (Å²) in [4.78, 5) is 4.11. The Bertz CT molecular complexity index is 370. The highest BCUT2D eigenvalue weighted by Gasteiger charge is 2.22. The van der Waals surface area contributed by atoms with Crippen LogP contribution in [0.2, 0.25) is 0 Å². The summed E-state index contributed by atoms with van der Waals surface area (Å²) in [7, 11) is 0. The van der Waals surface area contributed by atoms with Gasteiger partial charge in [0.1, 0.15) is 12.2 Å². The Labute approximate surface area is 82.0 Å². The van der Waals surface area contributed by atoms with Crippen molar-refractivity contribution in [2.75, 3.05) is 0 Å². The zero-order chi connectivity index (χ0) is 9.97. The van der Waals surface area contributed by atoms with E-state index in [4.69, 9.17) is 0 Å². The summed E-state index contributed by atoms with van der Waals surface area (Å²) in [5.74, 6) is 0. The van der Waals surface area contributed by atoms with E-state index in [9.17, 15) is 10.2 Å². The molecule has 2 unspecified atom stereocenters. The second kappa shape index (κ2) is 3.74. The van der Waals surface area contributed by atoms with Crippen molar-refractivity contribution in [2.24, 2.45) is 0 Å². The van der Waals surface area contributed by atoms with Gasteiger partial charge < -0.3 is 10.2 Å². The standard InChI is InChI=1S/C11H11NO2/c13-10-6-3-4-8(11(10)14)9-5-1-2-7-12-9/h1-7,10-11,13-14H. The topological polar surface area (TPSA) is 53.4 Å². The van der Waals surface area contributed by atoms with Crippen LogP contribution in [-0.4, -0.2) is 27.4 Å².